The molecule has 0 radical (unpaired) electrons. The maximum atomic E-state index is 12.0. The molecule has 0 atom stereocenters. The number of rotatable bonds is 5. The lowest BCUT2D eigenvalue weighted by Gasteiger charge is -2.14. The van der Waals surface area contributed by atoms with Crippen molar-refractivity contribution in [3.8, 4) is 5.75 Å². The van der Waals surface area contributed by atoms with E-state index in [0.29, 0.717) is 17.9 Å². The summed E-state index contributed by atoms with van der Waals surface area (Å²) in [5, 5.41) is 1.17. The highest BCUT2D eigenvalue weighted by molar-refractivity contribution is 5.93. The number of carbonyl (C=O) groups excluding carboxylic acids is 1. The van der Waals surface area contributed by atoms with Gasteiger partial charge in [0.05, 0.1) is 12.8 Å². The van der Waals surface area contributed by atoms with Gasteiger partial charge in [-0.15, -0.1) is 0 Å². The first-order valence-electron chi connectivity index (χ1n) is 7.15. The summed E-state index contributed by atoms with van der Waals surface area (Å²) in [6.45, 7) is 0.333. The van der Waals surface area contributed by atoms with E-state index in [4.69, 9.17) is 9.57 Å². The number of benzene rings is 1. The van der Waals surface area contributed by atoms with Crippen molar-refractivity contribution in [2.24, 2.45) is 0 Å². The van der Waals surface area contributed by atoms with Crippen molar-refractivity contribution in [2.75, 3.05) is 14.2 Å². The highest BCUT2D eigenvalue weighted by Crippen LogP contribution is 2.16. The third kappa shape index (κ3) is 3.32. The topological polar surface area (TPSA) is 56.1 Å². The Morgan fingerprint density at radius 2 is 2.13 bits per heavy atom. The molecule has 0 saturated carbocycles. The number of carbonyl (C=O) groups is 1. The van der Waals surface area contributed by atoms with Crippen LogP contribution in [0.5, 0.6) is 5.75 Å². The zero-order valence-electron chi connectivity index (χ0n) is 13.0. The zero-order valence-corrected chi connectivity index (χ0v) is 13.0. The largest absolute Gasteiger partial charge is 0.487 e. The van der Waals surface area contributed by atoms with E-state index in [0.717, 1.165) is 11.3 Å². The molecule has 0 bridgehead atoms. The van der Waals surface area contributed by atoms with Gasteiger partial charge >= 0.3 is 0 Å². The maximum absolute atomic E-state index is 12.0. The first-order valence-corrected chi connectivity index (χ1v) is 7.15. The second-order valence-corrected chi connectivity index (χ2v) is 5.00. The molecular weight excluding hydrogens is 294 g/mol. The van der Waals surface area contributed by atoms with Gasteiger partial charge < -0.3 is 9.14 Å². The standard InChI is InChI=1S/C17H17N3O3/c1-19(22-2)17(21)13-6-5-7-15(10-13)23-12-14-11-20-9-4-3-8-16(20)18-14/h3-11H,12H2,1-2H3. The SMILES string of the molecule is CON(C)C(=O)c1cccc(OCc2cn3ccccc3n2)c1. The highest BCUT2D eigenvalue weighted by atomic mass is 16.7. The van der Waals surface area contributed by atoms with E-state index in [1.807, 2.05) is 35.0 Å². The van der Waals surface area contributed by atoms with Crippen molar-refractivity contribution in [1.29, 1.82) is 0 Å². The third-order valence-electron chi connectivity index (χ3n) is 3.44. The van der Waals surface area contributed by atoms with E-state index in [2.05, 4.69) is 4.98 Å². The predicted molar refractivity (Wildman–Crippen MR) is 85.1 cm³/mol. The molecule has 23 heavy (non-hydrogen) atoms. The fourth-order valence-electron chi connectivity index (χ4n) is 2.20. The van der Waals surface area contributed by atoms with Gasteiger partial charge in [-0.05, 0) is 30.3 Å². The normalized spacial score (nSPS) is 10.7. The minimum atomic E-state index is -0.231. The molecule has 0 spiro atoms. The van der Waals surface area contributed by atoms with E-state index in [-0.39, 0.29) is 5.91 Å². The first-order chi connectivity index (χ1) is 11.2. The number of pyridine rings is 1. The van der Waals surface area contributed by atoms with Crippen LogP contribution >= 0.6 is 0 Å². The molecule has 0 saturated heterocycles. The van der Waals surface area contributed by atoms with Crippen molar-refractivity contribution in [1.82, 2.24) is 14.4 Å². The van der Waals surface area contributed by atoms with Crippen molar-refractivity contribution in [3.05, 3.63) is 66.1 Å². The number of nitrogens with zero attached hydrogens (tertiary/aromatic N) is 3. The molecule has 1 amide bonds. The average molecular weight is 311 g/mol. The molecule has 0 N–H and O–H groups in total. The second kappa shape index (κ2) is 6.50. The molecule has 0 aliphatic heterocycles. The van der Waals surface area contributed by atoms with E-state index in [9.17, 15) is 4.79 Å². The van der Waals surface area contributed by atoms with Crippen LogP contribution in [0.15, 0.2) is 54.9 Å². The van der Waals surface area contributed by atoms with Crippen LogP contribution in [0.4, 0.5) is 0 Å². The second-order valence-electron chi connectivity index (χ2n) is 5.00. The lowest BCUT2D eigenvalue weighted by molar-refractivity contribution is -0.0757. The molecular formula is C17H17N3O3. The number of hydrogen-bond donors (Lipinski definition) is 0. The van der Waals surface area contributed by atoms with E-state index < -0.39 is 0 Å². The van der Waals surface area contributed by atoms with Crippen LogP contribution in [-0.4, -0.2) is 34.5 Å². The van der Waals surface area contributed by atoms with Crippen LogP contribution < -0.4 is 4.74 Å². The van der Waals surface area contributed by atoms with Gasteiger partial charge in [-0.3, -0.25) is 9.63 Å². The molecule has 3 aromatic rings. The Morgan fingerprint density at radius 3 is 2.91 bits per heavy atom. The molecule has 0 aliphatic carbocycles. The number of hydroxylamine groups is 2. The molecule has 2 aromatic heterocycles. The monoisotopic (exact) mass is 311 g/mol. The highest BCUT2D eigenvalue weighted by Gasteiger charge is 2.12. The number of amides is 1. The lowest BCUT2D eigenvalue weighted by atomic mass is 10.2. The summed E-state index contributed by atoms with van der Waals surface area (Å²) in [5.41, 5.74) is 2.19. The van der Waals surface area contributed by atoms with Gasteiger partial charge in [-0.25, -0.2) is 10.0 Å². The van der Waals surface area contributed by atoms with E-state index in [1.165, 1.54) is 12.2 Å². The molecule has 118 valence electrons. The minimum Gasteiger partial charge on any atom is -0.487 e. The van der Waals surface area contributed by atoms with Crippen molar-refractivity contribution < 1.29 is 14.4 Å². The third-order valence-corrected chi connectivity index (χ3v) is 3.44. The Bertz CT molecular complexity index is 796. The summed E-state index contributed by atoms with van der Waals surface area (Å²) < 4.78 is 7.68. The summed E-state index contributed by atoms with van der Waals surface area (Å²) in [6, 6.07) is 12.8. The van der Waals surface area contributed by atoms with Gasteiger partial charge in [-0.2, -0.15) is 0 Å². The Kier molecular flexibility index (Phi) is 4.25. The van der Waals surface area contributed by atoms with Gasteiger partial charge in [0, 0.05) is 25.0 Å². The number of aromatic nitrogens is 2. The molecule has 0 unspecified atom stereocenters. The van der Waals surface area contributed by atoms with E-state index >= 15 is 0 Å². The number of ether oxygens (including phenoxy) is 1. The van der Waals surface area contributed by atoms with Crippen LogP contribution in [0.3, 0.4) is 0 Å². The predicted octanol–water partition coefficient (Wildman–Crippen LogP) is 2.55. The number of hydrogen-bond acceptors (Lipinski definition) is 4. The quantitative estimate of drug-likeness (QED) is 0.680. The lowest BCUT2D eigenvalue weighted by Crippen LogP contribution is -2.25. The molecule has 0 fully saturated rings. The van der Waals surface area contributed by atoms with Crippen LogP contribution in [0.2, 0.25) is 0 Å². The van der Waals surface area contributed by atoms with Gasteiger partial charge in [-0.1, -0.05) is 12.1 Å². The van der Waals surface area contributed by atoms with Gasteiger partial charge in [0.15, 0.2) is 0 Å². The minimum absolute atomic E-state index is 0.231. The van der Waals surface area contributed by atoms with Crippen LogP contribution in [-0.2, 0) is 11.4 Å². The smallest absolute Gasteiger partial charge is 0.277 e. The number of imidazole rings is 1. The molecule has 6 heteroatoms. The Balaban J connectivity index is 1.71. The summed E-state index contributed by atoms with van der Waals surface area (Å²) in [4.78, 5) is 21.4. The Hall–Kier alpha value is -2.86. The zero-order chi connectivity index (χ0) is 16.2. The molecule has 2 heterocycles. The maximum Gasteiger partial charge on any atom is 0.277 e. The average Bonchev–Trinajstić information content (AvgIpc) is 3.02. The van der Waals surface area contributed by atoms with Crippen LogP contribution in [0.25, 0.3) is 5.65 Å². The van der Waals surface area contributed by atoms with Gasteiger partial charge in [0.25, 0.3) is 5.91 Å². The molecule has 3 rings (SSSR count). The van der Waals surface area contributed by atoms with E-state index in [1.54, 1.807) is 31.3 Å². The van der Waals surface area contributed by atoms with Gasteiger partial charge in [0.2, 0.25) is 0 Å². The summed E-state index contributed by atoms with van der Waals surface area (Å²) in [5.74, 6) is 0.378. The van der Waals surface area contributed by atoms with Crippen molar-refractivity contribution >= 4 is 11.6 Å². The first kappa shape index (κ1) is 15.1. The van der Waals surface area contributed by atoms with Crippen LogP contribution in [0, 0.1) is 0 Å². The Labute approximate surface area is 133 Å². The van der Waals surface area contributed by atoms with Crippen molar-refractivity contribution in [2.45, 2.75) is 6.61 Å². The molecule has 0 aliphatic rings. The fourth-order valence-corrected chi connectivity index (χ4v) is 2.20. The summed E-state index contributed by atoms with van der Waals surface area (Å²) in [6.07, 6.45) is 3.86. The van der Waals surface area contributed by atoms with Crippen molar-refractivity contribution in [3.63, 3.8) is 0 Å². The molecule has 6 nitrogen and oxygen atoms in total. The Morgan fingerprint density at radius 1 is 1.26 bits per heavy atom. The molecule has 1 aromatic carbocycles. The number of fused-ring (bicyclic) bond motifs is 1. The van der Waals surface area contributed by atoms with Crippen LogP contribution in [0.1, 0.15) is 16.1 Å². The van der Waals surface area contributed by atoms with Gasteiger partial charge in [0.1, 0.15) is 18.0 Å². The summed E-state index contributed by atoms with van der Waals surface area (Å²) in [7, 11) is 3.01. The fraction of sp³-hybridized carbons (Fsp3) is 0.176. The summed E-state index contributed by atoms with van der Waals surface area (Å²) >= 11 is 0.